The van der Waals surface area contributed by atoms with Crippen molar-refractivity contribution in [2.24, 2.45) is 0 Å². The highest BCUT2D eigenvalue weighted by Crippen LogP contribution is 2.58. The summed E-state index contributed by atoms with van der Waals surface area (Å²) in [6.45, 7) is 3.63. The molecule has 0 heterocycles. The van der Waals surface area contributed by atoms with E-state index in [1.165, 1.54) is 0 Å². The highest BCUT2D eigenvalue weighted by Gasteiger charge is 2.37. The second-order valence-corrected chi connectivity index (χ2v) is 9.41. The Morgan fingerprint density at radius 2 is 1.58 bits per heavy atom. The third kappa shape index (κ3) is 4.28. The largest absolute Gasteiger partial charge is 0.378 e. The van der Waals surface area contributed by atoms with E-state index in [1.54, 1.807) is 24.3 Å². The van der Waals surface area contributed by atoms with Crippen molar-refractivity contribution in [2.45, 2.75) is 25.8 Å². The van der Waals surface area contributed by atoms with Crippen LogP contribution in [0.1, 0.15) is 25.3 Å². The van der Waals surface area contributed by atoms with E-state index in [2.05, 4.69) is 15.9 Å². The first-order chi connectivity index (χ1) is 11.2. The predicted molar refractivity (Wildman–Crippen MR) is 103 cm³/mol. The van der Waals surface area contributed by atoms with Crippen molar-refractivity contribution in [1.82, 2.24) is 0 Å². The molecular weight excluding hydrogens is 389 g/mol. The van der Waals surface area contributed by atoms with Crippen molar-refractivity contribution in [1.29, 1.82) is 0 Å². The summed E-state index contributed by atoms with van der Waals surface area (Å²) < 4.78 is 20.2. The molecule has 2 atom stereocenters. The van der Waals surface area contributed by atoms with Crippen LogP contribution in [0.2, 0.25) is 0 Å². The maximum atomic E-state index is 13.6. The Balaban J connectivity index is 2.45. The van der Waals surface area contributed by atoms with E-state index < -0.39 is 13.2 Å². The van der Waals surface area contributed by atoms with E-state index in [4.69, 9.17) is 4.52 Å². The SMILES string of the molecule is CC(C)O[P@@](=O)(c1ccc(N(C)C)cc1)[C@@H](O)c1ccc(Br)cc1. The lowest BCUT2D eigenvalue weighted by Gasteiger charge is -2.27. The fourth-order valence-corrected chi connectivity index (χ4v) is 4.90. The summed E-state index contributed by atoms with van der Waals surface area (Å²) in [7, 11) is 0.396. The Morgan fingerprint density at radius 1 is 1.04 bits per heavy atom. The van der Waals surface area contributed by atoms with Crippen molar-refractivity contribution < 1.29 is 14.2 Å². The summed E-state index contributed by atoms with van der Waals surface area (Å²) in [5.74, 6) is -1.21. The quantitative estimate of drug-likeness (QED) is 0.709. The maximum absolute atomic E-state index is 13.6. The molecule has 0 fully saturated rings. The number of rotatable bonds is 6. The number of nitrogens with zero attached hydrogens (tertiary/aromatic N) is 1. The third-order valence-corrected chi connectivity index (χ3v) is 6.81. The Labute approximate surface area is 152 Å². The zero-order valence-corrected chi connectivity index (χ0v) is 16.8. The van der Waals surface area contributed by atoms with Gasteiger partial charge >= 0.3 is 0 Å². The maximum Gasteiger partial charge on any atom is 0.264 e. The molecule has 0 bridgehead atoms. The Bertz CT molecular complexity index is 714. The van der Waals surface area contributed by atoms with Crippen LogP contribution < -0.4 is 10.2 Å². The van der Waals surface area contributed by atoms with Gasteiger partial charge in [0.15, 0.2) is 5.85 Å². The number of halogens is 1. The first kappa shape index (κ1) is 19.2. The summed E-state index contributed by atoms with van der Waals surface area (Å²) in [6, 6.07) is 14.4. The Hall–Kier alpha value is -1.13. The molecule has 130 valence electrons. The van der Waals surface area contributed by atoms with Crippen molar-refractivity contribution in [3.05, 3.63) is 58.6 Å². The molecule has 0 aliphatic rings. The lowest BCUT2D eigenvalue weighted by atomic mass is 10.2. The molecule has 0 spiro atoms. The molecule has 0 aliphatic heterocycles. The molecule has 6 heteroatoms. The Morgan fingerprint density at radius 3 is 2.04 bits per heavy atom. The topological polar surface area (TPSA) is 49.8 Å². The molecule has 2 aromatic rings. The van der Waals surface area contributed by atoms with Gasteiger partial charge in [0, 0.05) is 29.6 Å². The van der Waals surface area contributed by atoms with Crippen molar-refractivity contribution in [2.75, 3.05) is 19.0 Å². The lowest BCUT2D eigenvalue weighted by molar-refractivity contribution is 0.189. The lowest BCUT2D eigenvalue weighted by Crippen LogP contribution is -2.18. The molecule has 0 aliphatic carbocycles. The molecule has 0 radical (unpaired) electrons. The average molecular weight is 412 g/mol. The summed E-state index contributed by atoms with van der Waals surface area (Å²) in [6.07, 6.45) is -0.269. The standard InChI is InChI=1S/C18H23BrNO3P/c1-13(2)23-24(22,17-11-9-16(10-12-17)20(3)4)18(21)14-5-7-15(19)8-6-14/h5-13,18,21H,1-4H3/t18-,24+/m1/s1. The summed E-state index contributed by atoms with van der Waals surface area (Å²) in [4.78, 5) is 1.96. The van der Waals surface area contributed by atoms with E-state index in [9.17, 15) is 9.67 Å². The van der Waals surface area contributed by atoms with Gasteiger partial charge in [-0.15, -0.1) is 0 Å². The van der Waals surface area contributed by atoms with Gasteiger partial charge in [0.2, 0.25) is 0 Å². The summed E-state index contributed by atoms with van der Waals surface area (Å²) in [5.41, 5.74) is 1.56. The number of aliphatic hydroxyl groups is 1. The molecule has 0 aromatic heterocycles. The fourth-order valence-electron chi connectivity index (χ4n) is 2.36. The highest BCUT2D eigenvalue weighted by molar-refractivity contribution is 9.10. The van der Waals surface area contributed by atoms with Crippen LogP contribution in [0.4, 0.5) is 5.69 Å². The van der Waals surface area contributed by atoms with Crippen LogP contribution in [0.25, 0.3) is 0 Å². The third-order valence-electron chi connectivity index (χ3n) is 3.58. The minimum absolute atomic E-state index is 0.269. The molecule has 24 heavy (non-hydrogen) atoms. The minimum Gasteiger partial charge on any atom is -0.378 e. The Kier molecular flexibility index (Phi) is 6.27. The smallest absolute Gasteiger partial charge is 0.264 e. The average Bonchev–Trinajstić information content (AvgIpc) is 2.54. The normalized spacial score (nSPS) is 15.1. The predicted octanol–water partition coefficient (Wildman–Crippen LogP) is 4.53. The van der Waals surface area contributed by atoms with Gasteiger partial charge in [-0.05, 0) is 55.8 Å². The molecule has 4 nitrogen and oxygen atoms in total. The number of benzene rings is 2. The van der Waals surface area contributed by atoms with Crippen molar-refractivity contribution in [3.8, 4) is 0 Å². The molecule has 0 unspecified atom stereocenters. The number of anilines is 1. The van der Waals surface area contributed by atoms with Crippen molar-refractivity contribution >= 4 is 34.3 Å². The van der Waals surface area contributed by atoms with Crippen molar-refractivity contribution in [3.63, 3.8) is 0 Å². The van der Waals surface area contributed by atoms with Crippen LogP contribution in [0.3, 0.4) is 0 Å². The number of aliphatic hydroxyl groups excluding tert-OH is 1. The minimum atomic E-state index is -3.48. The van der Waals surface area contributed by atoms with Gasteiger partial charge in [0.05, 0.1) is 6.10 Å². The summed E-state index contributed by atoms with van der Waals surface area (Å²) in [5, 5.41) is 11.3. The van der Waals surface area contributed by atoms with E-state index in [0.717, 1.165) is 10.2 Å². The first-order valence-electron chi connectivity index (χ1n) is 7.73. The highest BCUT2D eigenvalue weighted by atomic mass is 79.9. The van der Waals surface area contributed by atoms with E-state index >= 15 is 0 Å². The molecule has 1 N–H and O–H groups in total. The van der Waals surface area contributed by atoms with Crippen LogP contribution in [-0.4, -0.2) is 25.3 Å². The van der Waals surface area contributed by atoms with E-state index in [1.807, 2.05) is 57.1 Å². The van der Waals surface area contributed by atoms with Gasteiger partial charge < -0.3 is 14.5 Å². The first-order valence-corrected chi connectivity index (χ1v) is 10.2. The summed E-state index contributed by atoms with van der Waals surface area (Å²) >= 11 is 3.37. The molecule has 0 amide bonds. The van der Waals surface area contributed by atoms with Crippen LogP contribution in [0.15, 0.2) is 53.0 Å². The van der Waals surface area contributed by atoms with E-state index in [0.29, 0.717) is 10.9 Å². The van der Waals surface area contributed by atoms with Crippen LogP contribution in [-0.2, 0) is 9.09 Å². The number of hydrogen-bond acceptors (Lipinski definition) is 4. The van der Waals surface area contributed by atoms with Gasteiger partial charge in [-0.1, -0.05) is 28.1 Å². The molecular formula is C18H23BrNO3P. The second kappa shape index (κ2) is 7.83. The van der Waals surface area contributed by atoms with Crippen LogP contribution in [0.5, 0.6) is 0 Å². The van der Waals surface area contributed by atoms with Gasteiger partial charge in [0.1, 0.15) is 0 Å². The zero-order valence-electron chi connectivity index (χ0n) is 14.3. The van der Waals surface area contributed by atoms with Gasteiger partial charge in [-0.2, -0.15) is 0 Å². The fraction of sp³-hybridized carbons (Fsp3) is 0.333. The number of hydrogen-bond donors (Lipinski definition) is 1. The van der Waals surface area contributed by atoms with Gasteiger partial charge in [-0.3, -0.25) is 4.57 Å². The second-order valence-electron chi connectivity index (χ2n) is 6.09. The van der Waals surface area contributed by atoms with Crippen LogP contribution >= 0.6 is 23.3 Å². The van der Waals surface area contributed by atoms with Gasteiger partial charge in [0.25, 0.3) is 7.37 Å². The zero-order chi connectivity index (χ0) is 17.9. The molecule has 0 saturated heterocycles. The molecule has 2 aromatic carbocycles. The van der Waals surface area contributed by atoms with E-state index in [-0.39, 0.29) is 6.10 Å². The molecule has 0 saturated carbocycles. The van der Waals surface area contributed by atoms with Gasteiger partial charge in [-0.25, -0.2) is 0 Å². The van der Waals surface area contributed by atoms with Crippen LogP contribution in [0, 0.1) is 0 Å². The molecule has 2 rings (SSSR count). The monoisotopic (exact) mass is 411 g/mol.